The van der Waals surface area contributed by atoms with E-state index in [1.807, 2.05) is 18.2 Å². The van der Waals surface area contributed by atoms with E-state index in [4.69, 9.17) is 4.74 Å². The van der Waals surface area contributed by atoms with Gasteiger partial charge in [0.15, 0.2) is 18.2 Å². The van der Waals surface area contributed by atoms with Crippen LogP contribution in [0.5, 0.6) is 5.75 Å². The Morgan fingerprint density at radius 3 is 2.36 bits per heavy atom. The lowest BCUT2D eigenvalue weighted by Gasteiger charge is -2.34. The highest BCUT2D eigenvalue weighted by Crippen LogP contribution is 2.15. The van der Waals surface area contributed by atoms with Crippen LogP contribution < -0.4 is 4.74 Å². The summed E-state index contributed by atoms with van der Waals surface area (Å²) in [6.07, 6.45) is 0. The fourth-order valence-corrected chi connectivity index (χ4v) is 2.80. The Morgan fingerprint density at radius 1 is 0.960 bits per heavy atom. The number of benzene rings is 2. The Labute approximate surface area is 145 Å². The zero-order valence-corrected chi connectivity index (χ0v) is 13.8. The van der Waals surface area contributed by atoms with Gasteiger partial charge in [0.1, 0.15) is 5.75 Å². The summed E-state index contributed by atoms with van der Waals surface area (Å²) in [6, 6.07) is 13.4. The van der Waals surface area contributed by atoms with E-state index >= 15 is 0 Å². The lowest BCUT2D eigenvalue weighted by atomic mass is 10.2. The Morgan fingerprint density at radius 2 is 1.68 bits per heavy atom. The van der Waals surface area contributed by atoms with Gasteiger partial charge in [-0.05, 0) is 17.7 Å². The molecule has 1 amide bonds. The normalized spacial score (nSPS) is 15.2. The van der Waals surface area contributed by atoms with Gasteiger partial charge in [0.2, 0.25) is 0 Å². The maximum absolute atomic E-state index is 13.1. The molecule has 0 N–H and O–H groups in total. The largest absolute Gasteiger partial charge is 0.484 e. The lowest BCUT2D eigenvalue weighted by molar-refractivity contribution is -0.135. The highest BCUT2D eigenvalue weighted by Gasteiger charge is 2.21. The summed E-state index contributed by atoms with van der Waals surface area (Å²) in [6.45, 7) is 3.55. The number of carbonyl (C=O) groups is 1. The van der Waals surface area contributed by atoms with Gasteiger partial charge in [0.25, 0.3) is 5.91 Å². The SMILES string of the molecule is O=C(COc1ccc(F)c(F)c1)N1CCN(Cc2ccccc2)CC1. The van der Waals surface area contributed by atoms with Gasteiger partial charge in [-0.25, -0.2) is 8.78 Å². The molecule has 0 atom stereocenters. The van der Waals surface area contributed by atoms with E-state index < -0.39 is 11.6 Å². The zero-order valence-electron chi connectivity index (χ0n) is 13.8. The second-order valence-corrected chi connectivity index (χ2v) is 6.01. The van der Waals surface area contributed by atoms with Crippen molar-refractivity contribution in [1.82, 2.24) is 9.80 Å². The minimum absolute atomic E-state index is 0.148. The van der Waals surface area contributed by atoms with Crippen molar-refractivity contribution in [3.05, 3.63) is 65.7 Å². The van der Waals surface area contributed by atoms with Crippen molar-refractivity contribution < 1.29 is 18.3 Å². The third-order valence-corrected chi connectivity index (χ3v) is 4.23. The maximum Gasteiger partial charge on any atom is 0.260 e. The van der Waals surface area contributed by atoms with Gasteiger partial charge >= 0.3 is 0 Å². The van der Waals surface area contributed by atoms with Crippen molar-refractivity contribution in [2.75, 3.05) is 32.8 Å². The van der Waals surface area contributed by atoms with Crippen molar-refractivity contribution in [2.24, 2.45) is 0 Å². The van der Waals surface area contributed by atoms with Gasteiger partial charge in [-0.2, -0.15) is 0 Å². The van der Waals surface area contributed by atoms with E-state index in [1.165, 1.54) is 11.6 Å². The Hall–Kier alpha value is -2.47. The molecule has 1 fully saturated rings. The van der Waals surface area contributed by atoms with E-state index in [-0.39, 0.29) is 18.3 Å². The number of hydrogen-bond donors (Lipinski definition) is 0. The molecule has 0 unspecified atom stereocenters. The van der Waals surface area contributed by atoms with Crippen LogP contribution in [0.1, 0.15) is 5.56 Å². The number of carbonyl (C=O) groups excluding carboxylic acids is 1. The van der Waals surface area contributed by atoms with Gasteiger partial charge in [0.05, 0.1) is 0 Å². The van der Waals surface area contributed by atoms with Crippen molar-refractivity contribution in [3.63, 3.8) is 0 Å². The fraction of sp³-hybridized carbons (Fsp3) is 0.316. The smallest absolute Gasteiger partial charge is 0.260 e. The molecule has 132 valence electrons. The molecule has 1 saturated heterocycles. The molecule has 0 saturated carbocycles. The number of rotatable bonds is 5. The highest BCUT2D eigenvalue weighted by molar-refractivity contribution is 5.77. The molecule has 6 heteroatoms. The number of piperazine rings is 1. The van der Waals surface area contributed by atoms with Crippen LogP contribution in [-0.2, 0) is 11.3 Å². The average Bonchev–Trinajstić information content (AvgIpc) is 2.64. The molecule has 1 heterocycles. The maximum atomic E-state index is 13.1. The number of amides is 1. The lowest BCUT2D eigenvalue weighted by Crippen LogP contribution is -2.49. The van der Waals surface area contributed by atoms with Crippen LogP contribution in [0.3, 0.4) is 0 Å². The van der Waals surface area contributed by atoms with E-state index in [2.05, 4.69) is 17.0 Å². The van der Waals surface area contributed by atoms with Crippen LogP contribution in [0.2, 0.25) is 0 Å². The van der Waals surface area contributed by atoms with Crippen LogP contribution in [0.4, 0.5) is 8.78 Å². The molecule has 1 aliphatic heterocycles. The summed E-state index contributed by atoms with van der Waals surface area (Å²) < 4.78 is 31.3. The van der Waals surface area contributed by atoms with Crippen LogP contribution in [-0.4, -0.2) is 48.5 Å². The summed E-state index contributed by atoms with van der Waals surface area (Å²) in [7, 11) is 0. The molecule has 0 aromatic heterocycles. The Kier molecular flexibility index (Phi) is 5.60. The number of nitrogens with zero attached hydrogens (tertiary/aromatic N) is 2. The molecular formula is C19H20F2N2O2. The number of halogens is 2. The fourth-order valence-electron chi connectivity index (χ4n) is 2.80. The topological polar surface area (TPSA) is 32.8 Å². The van der Waals surface area contributed by atoms with E-state index in [0.717, 1.165) is 31.8 Å². The second kappa shape index (κ2) is 8.07. The van der Waals surface area contributed by atoms with E-state index in [9.17, 15) is 13.6 Å². The molecule has 2 aromatic carbocycles. The predicted octanol–water partition coefficient (Wildman–Crippen LogP) is 2.69. The molecule has 3 rings (SSSR count). The standard InChI is InChI=1S/C19H20F2N2O2/c20-17-7-6-16(12-18(17)21)25-14-19(24)23-10-8-22(9-11-23)13-15-4-2-1-3-5-15/h1-7,12H,8-11,13-14H2. The summed E-state index contributed by atoms with van der Waals surface area (Å²) in [5, 5.41) is 0. The van der Waals surface area contributed by atoms with Gasteiger partial charge in [-0.1, -0.05) is 30.3 Å². The molecule has 1 aliphatic rings. The van der Waals surface area contributed by atoms with Gasteiger partial charge in [0, 0.05) is 38.8 Å². The average molecular weight is 346 g/mol. The summed E-state index contributed by atoms with van der Waals surface area (Å²) in [5.74, 6) is -1.92. The van der Waals surface area contributed by atoms with Gasteiger partial charge in [-0.3, -0.25) is 9.69 Å². The first-order chi connectivity index (χ1) is 12.1. The van der Waals surface area contributed by atoms with Crippen LogP contribution in [0.25, 0.3) is 0 Å². The summed E-state index contributed by atoms with van der Waals surface area (Å²) in [5.41, 5.74) is 1.25. The summed E-state index contributed by atoms with van der Waals surface area (Å²) >= 11 is 0. The van der Waals surface area contributed by atoms with Gasteiger partial charge in [-0.15, -0.1) is 0 Å². The third-order valence-electron chi connectivity index (χ3n) is 4.23. The quantitative estimate of drug-likeness (QED) is 0.835. The second-order valence-electron chi connectivity index (χ2n) is 6.01. The molecule has 0 spiro atoms. The molecule has 2 aromatic rings. The minimum atomic E-state index is -0.987. The molecule has 0 aliphatic carbocycles. The van der Waals surface area contributed by atoms with Crippen LogP contribution in [0, 0.1) is 11.6 Å². The van der Waals surface area contributed by atoms with Crippen molar-refractivity contribution in [2.45, 2.75) is 6.54 Å². The number of hydrogen-bond acceptors (Lipinski definition) is 3. The zero-order chi connectivity index (χ0) is 17.6. The monoisotopic (exact) mass is 346 g/mol. The van der Waals surface area contributed by atoms with Crippen molar-refractivity contribution in [3.8, 4) is 5.75 Å². The summed E-state index contributed by atoms with van der Waals surface area (Å²) in [4.78, 5) is 16.2. The van der Waals surface area contributed by atoms with Crippen LogP contribution >= 0.6 is 0 Å². The third kappa shape index (κ3) is 4.76. The Balaban J connectivity index is 1.44. The van der Waals surface area contributed by atoms with Crippen molar-refractivity contribution in [1.29, 1.82) is 0 Å². The van der Waals surface area contributed by atoms with Crippen LogP contribution in [0.15, 0.2) is 48.5 Å². The highest BCUT2D eigenvalue weighted by atomic mass is 19.2. The molecule has 4 nitrogen and oxygen atoms in total. The first-order valence-corrected chi connectivity index (χ1v) is 8.24. The number of ether oxygens (including phenoxy) is 1. The Bertz CT molecular complexity index is 717. The van der Waals surface area contributed by atoms with E-state index in [0.29, 0.717) is 13.1 Å². The molecule has 0 radical (unpaired) electrons. The molecule has 25 heavy (non-hydrogen) atoms. The minimum Gasteiger partial charge on any atom is -0.484 e. The molecular weight excluding hydrogens is 326 g/mol. The molecule has 0 bridgehead atoms. The first kappa shape index (κ1) is 17.4. The first-order valence-electron chi connectivity index (χ1n) is 8.24. The predicted molar refractivity (Wildman–Crippen MR) is 90.2 cm³/mol. The van der Waals surface area contributed by atoms with Gasteiger partial charge < -0.3 is 9.64 Å². The van der Waals surface area contributed by atoms with E-state index in [1.54, 1.807) is 4.90 Å². The van der Waals surface area contributed by atoms with Crippen molar-refractivity contribution >= 4 is 5.91 Å².